The van der Waals surface area contributed by atoms with Crippen LogP contribution in [0, 0.1) is 0 Å². The van der Waals surface area contributed by atoms with Crippen LogP contribution in [0.4, 0.5) is 5.69 Å². The molecular weight excluding hydrogens is 456 g/mol. The van der Waals surface area contributed by atoms with Crippen LogP contribution in [-0.2, 0) is 0 Å². The molecule has 184 valence electrons. The average Bonchev–Trinajstić information content (AvgIpc) is 3.56. The highest BCUT2D eigenvalue weighted by molar-refractivity contribution is 6.34. The van der Waals surface area contributed by atoms with Gasteiger partial charge in [0.2, 0.25) is 0 Å². The first-order valence-corrected chi connectivity index (χ1v) is 12.4. The van der Waals surface area contributed by atoms with E-state index in [1.165, 1.54) is 30.6 Å². The number of anilines is 1. The third-order valence-electron chi connectivity index (χ3n) is 7.45. The molecule has 0 unspecified atom stereocenters. The van der Waals surface area contributed by atoms with E-state index in [4.69, 9.17) is 14.2 Å². The molecule has 3 heterocycles. The van der Waals surface area contributed by atoms with E-state index in [0.29, 0.717) is 58.5 Å². The molecule has 0 N–H and O–H groups in total. The van der Waals surface area contributed by atoms with E-state index in [1.807, 2.05) is 30.3 Å². The Bertz CT molecular complexity index is 1290. The molecule has 0 aromatic heterocycles. The van der Waals surface area contributed by atoms with Gasteiger partial charge in [-0.3, -0.25) is 14.5 Å². The van der Waals surface area contributed by atoms with E-state index >= 15 is 0 Å². The van der Waals surface area contributed by atoms with Crippen molar-refractivity contribution < 1.29 is 23.8 Å². The van der Waals surface area contributed by atoms with Crippen molar-refractivity contribution in [2.24, 2.45) is 0 Å². The van der Waals surface area contributed by atoms with Crippen LogP contribution in [-0.4, -0.2) is 49.1 Å². The highest BCUT2D eigenvalue weighted by Crippen LogP contribution is 2.38. The van der Waals surface area contributed by atoms with Gasteiger partial charge in [-0.1, -0.05) is 18.2 Å². The van der Waals surface area contributed by atoms with Gasteiger partial charge >= 0.3 is 0 Å². The molecule has 0 radical (unpaired) electrons. The number of carbonyl (C=O) groups excluding carboxylic acids is 2. The molecule has 3 aromatic rings. The molecule has 2 amide bonds. The molecule has 7 heteroatoms. The average molecular weight is 485 g/mol. The fourth-order valence-corrected chi connectivity index (χ4v) is 5.70. The van der Waals surface area contributed by atoms with Gasteiger partial charge < -0.3 is 14.2 Å². The number of imide groups is 1. The topological polar surface area (TPSA) is 68.3 Å². The molecular formula is C29H28N2O5. The summed E-state index contributed by atoms with van der Waals surface area (Å²) >= 11 is 0. The van der Waals surface area contributed by atoms with Gasteiger partial charge in [-0.05, 0) is 68.1 Å². The summed E-state index contributed by atoms with van der Waals surface area (Å²) in [6.45, 7) is 1.46. The third kappa shape index (κ3) is 3.99. The SMILES string of the molecule is COc1cc(N2C(=O)c3ccc(Oc4ccccc4)cc3C2=O)ccc1OCCN1C2CCC1CC2. The monoisotopic (exact) mass is 484 g/mol. The summed E-state index contributed by atoms with van der Waals surface area (Å²) in [6.07, 6.45) is 5.18. The first kappa shape index (κ1) is 22.6. The predicted octanol–water partition coefficient (Wildman–Crippen LogP) is 5.29. The van der Waals surface area contributed by atoms with Crippen LogP contribution >= 0.6 is 0 Å². The number of carbonyl (C=O) groups is 2. The van der Waals surface area contributed by atoms with Crippen LogP contribution in [0.3, 0.4) is 0 Å². The summed E-state index contributed by atoms with van der Waals surface area (Å²) in [7, 11) is 1.56. The number of ether oxygens (including phenoxy) is 3. The van der Waals surface area contributed by atoms with Gasteiger partial charge in [-0.2, -0.15) is 0 Å². The first-order valence-electron chi connectivity index (χ1n) is 12.4. The van der Waals surface area contributed by atoms with Crippen molar-refractivity contribution in [1.29, 1.82) is 0 Å². The maximum Gasteiger partial charge on any atom is 0.266 e. The molecule has 3 aromatic carbocycles. The number of methoxy groups -OCH3 is 1. The second kappa shape index (κ2) is 9.32. The third-order valence-corrected chi connectivity index (χ3v) is 7.45. The van der Waals surface area contributed by atoms with Gasteiger partial charge in [0.15, 0.2) is 11.5 Å². The zero-order chi connectivity index (χ0) is 24.6. The molecule has 3 aliphatic heterocycles. The van der Waals surface area contributed by atoms with Gasteiger partial charge in [0, 0.05) is 24.7 Å². The first-order chi connectivity index (χ1) is 17.6. The summed E-state index contributed by atoms with van der Waals surface area (Å²) in [5.74, 6) is 1.47. The van der Waals surface area contributed by atoms with E-state index in [-0.39, 0.29) is 5.91 Å². The molecule has 2 fully saturated rings. The smallest absolute Gasteiger partial charge is 0.266 e. The molecule has 7 nitrogen and oxygen atoms in total. The summed E-state index contributed by atoms with van der Waals surface area (Å²) in [5.41, 5.74) is 1.10. The van der Waals surface area contributed by atoms with Crippen LogP contribution < -0.4 is 19.1 Å². The van der Waals surface area contributed by atoms with Crippen molar-refractivity contribution in [1.82, 2.24) is 4.90 Å². The minimum atomic E-state index is -0.395. The molecule has 6 rings (SSSR count). The van der Waals surface area contributed by atoms with Crippen LogP contribution in [0.25, 0.3) is 0 Å². The van der Waals surface area contributed by atoms with Crippen LogP contribution in [0.2, 0.25) is 0 Å². The second-order valence-electron chi connectivity index (χ2n) is 9.45. The van der Waals surface area contributed by atoms with Gasteiger partial charge in [0.1, 0.15) is 18.1 Å². The van der Waals surface area contributed by atoms with Gasteiger partial charge in [0.05, 0.1) is 23.9 Å². The Morgan fingerprint density at radius 3 is 2.22 bits per heavy atom. The van der Waals surface area contributed by atoms with Crippen LogP contribution in [0.5, 0.6) is 23.0 Å². The maximum atomic E-state index is 13.3. The number of para-hydroxylation sites is 1. The van der Waals surface area contributed by atoms with E-state index in [0.717, 1.165) is 6.54 Å². The highest BCUT2D eigenvalue weighted by Gasteiger charge is 2.39. The Labute approximate surface area is 210 Å². The van der Waals surface area contributed by atoms with Crippen molar-refractivity contribution >= 4 is 17.5 Å². The molecule has 36 heavy (non-hydrogen) atoms. The molecule has 0 spiro atoms. The molecule has 0 aliphatic carbocycles. The Balaban J connectivity index is 1.17. The van der Waals surface area contributed by atoms with Crippen LogP contribution in [0.15, 0.2) is 66.7 Å². The minimum absolute atomic E-state index is 0.313. The zero-order valence-corrected chi connectivity index (χ0v) is 20.2. The van der Waals surface area contributed by atoms with Crippen LogP contribution in [0.1, 0.15) is 46.4 Å². The van der Waals surface area contributed by atoms with Crippen molar-refractivity contribution in [2.75, 3.05) is 25.2 Å². The standard InChI is InChI=1S/C29H28N2O5/c1-34-27-17-21(11-14-26(27)35-16-15-30-19-7-8-20(30)10-9-19)31-28(32)24-13-12-23(18-25(24)29(31)33)36-22-5-3-2-4-6-22/h2-6,11-14,17-20H,7-10,15-16H2,1H3. The normalized spacial score (nSPS) is 20.6. The summed E-state index contributed by atoms with van der Waals surface area (Å²) in [5, 5.41) is 0. The fraction of sp³-hybridized carbons (Fsp3) is 0.310. The highest BCUT2D eigenvalue weighted by atomic mass is 16.5. The number of nitrogens with zero attached hydrogens (tertiary/aromatic N) is 2. The molecule has 0 atom stereocenters. The Kier molecular flexibility index (Phi) is 5.85. The summed E-state index contributed by atoms with van der Waals surface area (Å²) in [4.78, 5) is 30.1. The van der Waals surface area contributed by atoms with E-state index < -0.39 is 5.91 Å². The van der Waals surface area contributed by atoms with E-state index in [2.05, 4.69) is 4.90 Å². The largest absolute Gasteiger partial charge is 0.493 e. The van der Waals surface area contributed by atoms with E-state index in [9.17, 15) is 9.59 Å². The molecule has 2 saturated heterocycles. The zero-order valence-electron chi connectivity index (χ0n) is 20.2. The number of hydrogen-bond donors (Lipinski definition) is 0. The van der Waals surface area contributed by atoms with Crippen molar-refractivity contribution in [3.8, 4) is 23.0 Å². The predicted molar refractivity (Wildman–Crippen MR) is 135 cm³/mol. The fourth-order valence-electron chi connectivity index (χ4n) is 5.70. The van der Waals surface area contributed by atoms with Gasteiger partial charge in [0.25, 0.3) is 11.8 Å². The second-order valence-corrected chi connectivity index (χ2v) is 9.45. The summed E-state index contributed by atoms with van der Waals surface area (Å²) < 4.78 is 17.4. The van der Waals surface area contributed by atoms with Crippen molar-refractivity contribution in [3.05, 3.63) is 77.9 Å². The lowest BCUT2D eigenvalue weighted by Crippen LogP contribution is -2.32. The van der Waals surface area contributed by atoms with E-state index in [1.54, 1.807) is 43.5 Å². The number of hydrogen-bond acceptors (Lipinski definition) is 6. The number of amides is 2. The maximum absolute atomic E-state index is 13.3. The molecule has 0 saturated carbocycles. The molecule has 2 bridgehead atoms. The Morgan fingerprint density at radius 1 is 0.778 bits per heavy atom. The number of benzene rings is 3. The van der Waals surface area contributed by atoms with Crippen molar-refractivity contribution in [2.45, 2.75) is 37.8 Å². The van der Waals surface area contributed by atoms with Crippen molar-refractivity contribution in [3.63, 3.8) is 0 Å². The lowest BCUT2D eigenvalue weighted by atomic mass is 10.0. The van der Waals surface area contributed by atoms with Gasteiger partial charge in [-0.15, -0.1) is 0 Å². The quantitative estimate of drug-likeness (QED) is 0.405. The Hall–Kier alpha value is -3.84. The Morgan fingerprint density at radius 2 is 1.50 bits per heavy atom. The number of rotatable bonds is 8. The minimum Gasteiger partial charge on any atom is -0.493 e. The lowest BCUT2D eigenvalue weighted by Gasteiger charge is -2.22. The lowest BCUT2D eigenvalue weighted by molar-refractivity contribution is 0.0926. The summed E-state index contributed by atoms with van der Waals surface area (Å²) in [6, 6.07) is 20.8. The number of fused-ring (bicyclic) bond motifs is 3. The molecule has 3 aliphatic rings. The van der Waals surface area contributed by atoms with Gasteiger partial charge in [-0.25, -0.2) is 4.90 Å².